The van der Waals surface area contributed by atoms with E-state index in [1.165, 1.54) is 11.1 Å². The minimum atomic E-state index is -0.324. The minimum absolute atomic E-state index is 0.324. The number of ether oxygens (including phenoxy) is 1. The molecule has 0 bridgehead atoms. The fourth-order valence-electron chi connectivity index (χ4n) is 1.93. The van der Waals surface area contributed by atoms with Crippen molar-refractivity contribution in [2.75, 3.05) is 13.2 Å². The van der Waals surface area contributed by atoms with Crippen molar-refractivity contribution in [3.63, 3.8) is 0 Å². The molecular weight excluding hydrogens is 190 g/mol. The Labute approximate surface area is 89.9 Å². The zero-order valence-corrected chi connectivity index (χ0v) is 8.78. The van der Waals surface area contributed by atoms with Crippen LogP contribution in [-0.4, -0.2) is 24.4 Å². The summed E-state index contributed by atoms with van der Waals surface area (Å²) < 4.78 is 5.42. The maximum absolute atomic E-state index is 9.64. The Morgan fingerprint density at radius 2 is 2.33 bits per heavy atom. The predicted octanol–water partition coefficient (Wildman–Crippen LogP) is 0.874. The number of fused-ring (bicyclic) bond motifs is 1. The average Bonchev–Trinajstić information content (AvgIpc) is 2.65. The maximum atomic E-state index is 9.64. The van der Waals surface area contributed by atoms with E-state index in [2.05, 4.69) is 6.07 Å². The average molecular weight is 207 g/mol. The van der Waals surface area contributed by atoms with Crippen LogP contribution in [0.1, 0.15) is 17.5 Å². The maximum Gasteiger partial charge on any atom is 0.122 e. The molecule has 0 spiro atoms. The van der Waals surface area contributed by atoms with Crippen molar-refractivity contribution in [2.45, 2.75) is 25.4 Å². The molecule has 3 heteroatoms. The van der Waals surface area contributed by atoms with Crippen LogP contribution >= 0.6 is 0 Å². The molecule has 1 aliphatic heterocycles. The van der Waals surface area contributed by atoms with E-state index in [9.17, 15) is 5.11 Å². The van der Waals surface area contributed by atoms with Crippen molar-refractivity contribution < 1.29 is 9.84 Å². The zero-order chi connectivity index (χ0) is 10.7. The third-order valence-electron chi connectivity index (χ3n) is 2.73. The number of hydrogen-bond acceptors (Lipinski definition) is 3. The van der Waals surface area contributed by atoms with Gasteiger partial charge in [-0.1, -0.05) is 12.1 Å². The molecule has 3 N–H and O–H groups in total. The quantitative estimate of drug-likeness (QED) is 0.770. The van der Waals surface area contributed by atoms with Gasteiger partial charge in [0, 0.05) is 6.42 Å². The first-order chi connectivity index (χ1) is 7.29. The Balaban J connectivity index is 2.03. The largest absolute Gasteiger partial charge is 0.493 e. The molecule has 0 saturated heterocycles. The van der Waals surface area contributed by atoms with Crippen LogP contribution in [0.4, 0.5) is 0 Å². The van der Waals surface area contributed by atoms with Gasteiger partial charge in [-0.3, -0.25) is 0 Å². The number of hydrogen-bond donors (Lipinski definition) is 2. The molecular formula is C12H17NO2. The second-order valence-corrected chi connectivity index (χ2v) is 3.98. The third kappa shape index (κ3) is 2.49. The molecule has 3 nitrogen and oxygen atoms in total. The number of rotatable bonds is 4. The van der Waals surface area contributed by atoms with Crippen molar-refractivity contribution >= 4 is 0 Å². The van der Waals surface area contributed by atoms with Crippen LogP contribution in [0, 0.1) is 0 Å². The molecule has 0 saturated carbocycles. The summed E-state index contributed by atoms with van der Waals surface area (Å²) in [6.07, 6.45) is 2.00. The van der Waals surface area contributed by atoms with Gasteiger partial charge in [0.1, 0.15) is 5.75 Å². The molecule has 0 aliphatic carbocycles. The van der Waals surface area contributed by atoms with Crippen molar-refractivity contribution in [1.29, 1.82) is 0 Å². The molecule has 0 radical (unpaired) electrons. The molecule has 2 rings (SSSR count). The Hall–Kier alpha value is -1.06. The highest BCUT2D eigenvalue weighted by Crippen LogP contribution is 2.26. The summed E-state index contributed by atoms with van der Waals surface area (Å²) in [5.74, 6) is 0.993. The van der Waals surface area contributed by atoms with Gasteiger partial charge in [-0.25, -0.2) is 0 Å². The first kappa shape index (κ1) is 10.5. The molecule has 1 aromatic carbocycles. The second-order valence-electron chi connectivity index (χ2n) is 3.98. The monoisotopic (exact) mass is 207 g/mol. The van der Waals surface area contributed by atoms with E-state index in [0.29, 0.717) is 19.4 Å². The molecule has 1 aromatic rings. The van der Waals surface area contributed by atoms with Gasteiger partial charge in [-0.2, -0.15) is 0 Å². The molecule has 82 valence electrons. The molecule has 0 aromatic heterocycles. The van der Waals surface area contributed by atoms with Crippen LogP contribution in [0.3, 0.4) is 0 Å². The van der Waals surface area contributed by atoms with E-state index in [1.54, 1.807) is 0 Å². The number of aliphatic hydroxyl groups excluding tert-OH is 1. The van der Waals surface area contributed by atoms with Crippen molar-refractivity contribution in [3.05, 3.63) is 29.3 Å². The molecule has 1 heterocycles. The number of aliphatic hydroxyl groups is 1. The van der Waals surface area contributed by atoms with Gasteiger partial charge in [0.15, 0.2) is 0 Å². The summed E-state index contributed by atoms with van der Waals surface area (Å²) in [4.78, 5) is 0. The van der Waals surface area contributed by atoms with Gasteiger partial charge in [0.05, 0.1) is 12.7 Å². The van der Waals surface area contributed by atoms with E-state index in [0.717, 1.165) is 18.8 Å². The summed E-state index contributed by atoms with van der Waals surface area (Å²) >= 11 is 0. The number of nitrogens with two attached hydrogens (primary N) is 1. The summed E-state index contributed by atoms with van der Waals surface area (Å²) in [5, 5.41) is 9.64. The lowest BCUT2D eigenvalue weighted by molar-refractivity contribution is 0.167. The minimum Gasteiger partial charge on any atom is -0.493 e. The van der Waals surface area contributed by atoms with Gasteiger partial charge in [-0.15, -0.1) is 0 Å². The highest BCUT2D eigenvalue weighted by molar-refractivity contribution is 5.39. The van der Waals surface area contributed by atoms with Crippen LogP contribution in [0.15, 0.2) is 18.2 Å². The van der Waals surface area contributed by atoms with Crippen molar-refractivity contribution in [3.8, 4) is 5.75 Å². The summed E-state index contributed by atoms with van der Waals surface area (Å²) in [6, 6.07) is 6.14. The molecule has 0 unspecified atom stereocenters. The third-order valence-corrected chi connectivity index (χ3v) is 2.73. The van der Waals surface area contributed by atoms with Gasteiger partial charge < -0.3 is 15.6 Å². The molecule has 0 fully saturated rings. The van der Waals surface area contributed by atoms with Crippen LogP contribution in [0.2, 0.25) is 0 Å². The zero-order valence-electron chi connectivity index (χ0n) is 8.78. The highest BCUT2D eigenvalue weighted by Gasteiger charge is 2.13. The SMILES string of the molecule is NCC[C@H](O)Cc1ccc2c(c1)CCO2. The van der Waals surface area contributed by atoms with Crippen LogP contribution < -0.4 is 10.5 Å². The second kappa shape index (κ2) is 4.64. The lowest BCUT2D eigenvalue weighted by Crippen LogP contribution is -2.15. The van der Waals surface area contributed by atoms with Crippen LogP contribution in [0.25, 0.3) is 0 Å². The standard InChI is InChI=1S/C12H17NO2/c13-5-3-11(14)8-9-1-2-12-10(7-9)4-6-15-12/h1-2,7,11,14H,3-6,8,13H2/t11-/m0/s1. The smallest absolute Gasteiger partial charge is 0.122 e. The van der Waals surface area contributed by atoms with Crippen molar-refractivity contribution in [1.82, 2.24) is 0 Å². The topological polar surface area (TPSA) is 55.5 Å². The Morgan fingerprint density at radius 1 is 1.47 bits per heavy atom. The molecule has 1 atom stereocenters. The summed E-state index contributed by atoms with van der Waals surface area (Å²) in [6.45, 7) is 1.32. The normalized spacial score (nSPS) is 15.9. The lowest BCUT2D eigenvalue weighted by atomic mass is 10.0. The molecule has 0 amide bonds. The summed E-state index contributed by atoms with van der Waals surface area (Å²) in [5.41, 5.74) is 7.82. The predicted molar refractivity (Wildman–Crippen MR) is 59.0 cm³/mol. The Morgan fingerprint density at radius 3 is 3.13 bits per heavy atom. The van der Waals surface area contributed by atoms with E-state index in [-0.39, 0.29) is 6.10 Å². The van der Waals surface area contributed by atoms with E-state index < -0.39 is 0 Å². The van der Waals surface area contributed by atoms with Gasteiger partial charge in [0.2, 0.25) is 0 Å². The Kier molecular flexibility index (Phi) is 3.23. The van der Waals surface area contributed by atoms with Gasteiger partial charge in [-0.05, 0) is 36.6 Å². The van der Waals surface area contributed by atoms with E-state index in [4.69, 9.17) is 10.5 Å². The van der Waals surface area contributed by atoms with E-state index >= 15 is 0 Å². The van der Waals surface area contributed by atoms with Gasteiger partial charge >= 0.3 is 0 Å². The Bertz CT molecular complexity index is 338. The van der Waals surface area contributed by atoms with E-state index in [1.807, 2.05) is 12.1 Å². The highest BCUT2D eigenvalue weighted by atomic mass is 16.5. The lowest BCUT2D eigenvalue weighted by Gasteiger charge is -2.09. The van der Waals surface area contributed by atoms with Gasteiger partial charge in [0.25, 0.3) is 0 Å². The van der Waals surface area contributed by atoms with Crippen molar-refractivity contribution in [2.24, 2.45) is 5.73 Å². The fraction of sp³-hybridized carbons (Fsp3) is 0.500. The first-order valence-electron chi connectivity index (χ1n) is 5.42. The number of benzene rings is 1. The van der Waals surface area contributed by atoms with Crippen LogP contribution in [0.5, 0.6) is 5.75 Å². The summed E-state index contributed by atoms with van der Waals surface area (Å²) in [7, 11) is 0. The molecule has 1 aliphatic rings. The van der Waals surface area contributed by atoms with Crippen LogP contribution in [-0.2, 0) is 12.8 Å². The molecule has 15 heavy (non-hydrogen) atoms. The fourth-order valence-corrected chi connectivity index (χ4v) is 1.93. The first-order valence-corrected chi connectivity index (χ1v) is 5.42.